The number of ketones is 1. The van der Waals surface area contributed by atoms with Crippen molar-refractivity contribution in [1.82, 2.24) is 5.32 Å². The number of ether oxygens (including phenoxy) is 4. The molecular formula is C37H39NO6. The predicted octanol–water partition coefficient (Wildman–Crippen LogP) is 7.13. The van der Waals surface area contributed by atoms with E-state index in [9.17, 15) is 9.59 Å². The molecule has 2 aliphatic carbocycles. The number of allylic oxidation sites excluding steroid dienone is 3. The van der Waals surface area contributed by atoms with Gasteiger partial charge in [0, 0.05) is 29.3 Å². The average Bonchev–Trinajstić information content (AvgIpc) is 3.56. The normalized spacial score (nSPS) is 20.2. The van der Waals surface area contributed by atoms with Gasteiger partial charge in [-0.2, -0.15) is 0 Å². The molecule has 6 rings (SSSR count). The molecule has 0 saturated heterocycles. The van der Waals surface area contributed by atoms with Crippen LogP contribution in [0, 0.1) is 0 Å². The smallest absolute Gasteiger partial charge is 0.337 e. The van der Waals surface area contributed by atoms with Gasteiger partial charge in [-0.1, -0.05) is 48.5 Å². The van der Waals surface area contributed by atoms with Crippen molar-refractivity contribution >= 4 is 11.8 Å². The molecule has 0 unspecified atom stereocenters. The Morgan fingerprint density at radius 1 is 0.864 bits per heavy atom. The van der Waals surface area contributed by atoms with E-state index in [4.69, 9.17) is 18.9 Å². The van der Waals surface area contributed by atoms with Gasteiger partial charge in [-0.05, 0) is 85.9 Å². The third-order valence-corrected chi connectivity index (χ3v) is 8.94. The molecule has 1 saturated carbocycles. The van der Waals surface area contributed by atoms with E-state index in [1.807, 2.05) is 79.7 Å². The molecule has 0 amide bonds. The zero-order valence-electron chi connectivity index (χ0n) is 25.6. The molecule has 2 atom stereocenters. The van der Waals surface area contributed by atoms with Crippen LogP contribution in [-0.4, -0.2) is 32.1 Å². The van der Waals surface area contributed by atoms with E-state index in [-0.39, 0.29) is 23.8 Å². The molecule has 1 heterocycles. The van der Waals surface area contributed by atoms with Crippen LogP contribution in [0.25, 0.3) is 0 Å². The molecule has 1 fully saturated rings. The van der Waals surface area contributed by atoms with E-state index in [1.165, 1.54) is 0 Å². The molecule has 7 heteroatoms. The van der Waals surface area contributed by atoms with Crippen molar-refractivity contribution in [3.8, 4) is 17.2 Å². The Hall–Kier alpha value is -4.52. The molecule has 1 N–H and O–H groups in total. The summed E-state index contributed by atoms with van der Waals surface area (Å²) in [6, 6.07) is 23.6. The quantitative estimate of drug-likeness (QED) is 0.264. The number of benzene rings is 3. The van der Waals surface area contributed by atoms with Crippen LogP contribution in [-0.2, 0) is 20.9 Å². The third-order valence-electron chi connectivity index (χ3n) is 8.94. The molecule has 228 valence electrons. The first kappa shape index (κ1) is 29.5. The van der Waals surface area contributed by atoms with Gasteiger partial charge in [-0.3, -0.25) is 4.79 Å². The van der Waals surface area contributed by atoms with Crippen LogP contribution in [0.15, 0.2) is 95.3 Å². The fraction of sp³-hybridized carbons (Fsp3) is 0.351. The highest BCUT2D eigenvalue weighted by Gasteiger charge is 2.42. The van der Waals surface area contributed by atoms with Gasteiger partial charge in [0.2, 0.25) is 0 Å². The maximum atomic E-state index is 14.1. The predicted molar refractivity (Wildman–Crippen MR) is 168 cm³/mol. The largest absolute Gasteiger partial charge is 0.493 e. The fourth-order valence-corrected chi connectivity index (χ4v) is 6.73. The van der Waals surface area contributed by atoms with Crippen LogP contribution >= 0.6 is 0 Å². The first-order chi connectivity index (χ1) is 21.4. The summed E-state index contributed by atoms with van der Waals surface area (Å²) in [6.07, 6.45) is 4.72. The molecule has 7 nitrogen and oxygen atoms in total. The number of nitrogens with one attached hydrogen (secondary N) is 1. The van der Waals surface area contributed by atoms with E-state index in [2.05, 4.69) is 5.32 Å². The van der Waals surface area contributed by atoms with Gasteiger partial charge in [0.05, 0.1) is 19.8 Å². The summed E-state index contributed by atoms with van der Waals surface area (Å²) >= 11 is 0. The fourth-order valence-electron chi connectivity index (χ4n) is 6.73. The molecule has 0 spiro atoms. The van der Waals surface area contributed by atoms with E-state index in [0.29, 0.717) is 53.5 Å². The minimum atomic E-state index is -0.556. The second kappa shape index (κ2) is 13.0. The van der Waals surface area contributed by atoms with E-state index < -0.39 is 5.92 Å². The minimum Gasteiger partial charge on any atom is -0.493 e. The zero-order chi connectivity index (χ0) is 30.6. The Morgan fingerprint density at radius 3 is 2.39 bits per heavy atom. The Kier molecular flexibility index (Phi) is 8.73. The molecule has 0 radical (unpaired) electrons. The van der Waals surface area contributed by atoms with Crippen molar-refractivity contribution in [2.75, 3.05) is 14.2 Å². The van der Waals surface area contributed by atoms with Crippen LogP contribution in [0.3, 0.4) is 0 Å². The van der Waals surface area contributed by atoms with Crippen LogP contribution < -0.4 is 19.5 Å². The Balaban J connectivity index is 1.35. The number of carbonyl (C=O) groups is 2. The second-order valence-corrected chi connectivity index (χ2v) is 11.8. The number of carbonyl (C=O) groups excluding carboxylic acids is 2. The Bertz CT molecular complexity index is 1600. The van der Waals surface area contributed by atoms with Gasteiger partial charge in [-0.25, -0.2) is 4.79 Å². The van der Waals surface area contributed by atoms with Gasteiger partial charge in [-0.15, -0.1) is 0 Å². The summed E-state index contributed by atoms with van der Waals surface area (Å²) in [5, 5.41) is 3.47. The molecule has 1 aliphatic heterocycles. The molecule has 44 heavy (non-hydrogen) atoms. The standard InChI is InChI=1S/C37H39NO6/c1-23-34(37(40)44-28-13-7-8-14-28)35(26-12-9-15-29(18-26)43-22-24-10-5-4-6-11-24)36-30(38-23)19-27(20-31(36)39)25-16-17-32(41-2)33(21-25)42-3/h4-6,9-12,15-18,21,27-28,35,38H,7-8,13-14,19-20,22H2,1-3H3/t27-,35+/m0/s1. The molecule has 3 aliphatic rings. The van der Waals surface area contributed by atoms with Crippen LogP contribution in [0.2, 0.25) is 0 Å². The lowest BCUT2D eigenvalue weighted by atomic mass is 9.71. The SMILES string of the molecule is COc1ccc([C@@H]2CC(=O)C3=C(C2)NC(C)=C(C(=O)OC2CCCC2)[C@H]3c2cccc(OCc3ccccc3)c2)cc1OC. The topological polar surface area (TPSA) is 83.1 Å². The Morgan fingerprint density at radius 2 is 1.64 bits per heavy atom. The maximum Gasteiger partial charge on any atom is 0.337 e. The number of hydrogen-bond acceptors (Lipinski definition) is 7. The van der Waals surface area contributed by atoms with Crippen molar-refractivity contribution in [1.29, 1.82) is 0 Å². The summed E-state index contributed by atoms with van der Waals surface area (Å²) in [7, 11) is 3.22. The maximum absolute atomic E-state index is 14.1. The summed E-state index contributed by atoms with van der Waals surface area (Å²) < 4.78 is 23.2. The lowest BCUT2D eigenvalue weighted by molar-refractivity contribution is -0.144. The van der Waals surface area contributed by atoms with Crippen molar-refractivity contribution < 1.29 is 28.5 Å². The summed E-state index contributed by atoms with van der Waals surface area (Å²) in [6.45, 7) is 2.32. The molecule has 3 aromatic rings. The van der Waals surface area contributed by atoms with Crippen LogP contribution in [0.5, 0.6) is 17.2 Å². The number of esters is 1. The Labute approximate surface area is 258 Å². The molecule has 0 aromatic heterocycles. The number of rotatable bonds is 9. The number of hydrogen-bond donors (Lipinski definition) is 1. The average molecular weight is 594 g/mol. The van der Waals surface area contributed by atoms with Crippen molar-refractivity contribution in [3.63, 3.8) is 0 Å². The highest BCUT2D eigenvalue weighted by atomic mass is 16.5. The summed E-state index contributed by atoms with van der Waals surface area (Å²) in [5.74, 6) is 1.01. The first-order valence-electron chi connectivity index (χ1n) is 15.4. The zero-order valence-corrected chi connectivity index (χ0v) is 25.6. The van der Waals surface area contributed by atoms with Gasteiger partial charge in [0.1, 0.15) is 18.5 Å². The molecule has 3 aromatic carbocycles. The lowest BCUT2D eigenvalue weighted by Crippen LogP contribution is -2.36. The first-order valence-corrected chi connectivity index (χ1v) is 15.4. The van der Waals surface area contributed by atoms with Gasteiger partial charge < -0.3 is 24.3 Å². The van der Waals surface area contributed by atoms with Crippen LogP contribution in [0.1, 0.15) is 74.0 Å². The monoisotopic (exact) mass is 593 g/mol. The highest BCUT2D eigenvalue weighted by molar-refractivity contribution is 6.04. The highest BCUT2D eigenvalue weighted by Crippen LogP contribution is 2.47. The van der Waals surface area contributed by atoms with Gasteiger partial charge in [0.25, 0.3) is 0 Å². The summed E-state index contributed by atoms with van der Waals surface area (Å²) in [5.41, 5.74) is 5.58. The number of Topliss-reactive ketones (excluding diaryl/α,β-unsaturated/α-hetero) is 1. The van der Waals surface area contributed by atoms with Crippen LogP contribution in [0.4, 0.5) is 0 Å². The molecule has 0 bridgehead atoms. The second-order valence-electron chi connectivity index (χ2n) is 11.8. The lowest BCUT2D eigenvalue weighted by Gasteiger charge is -2.37. The van der Waals surface area contributed by atoms with Crippen molar-refractivity contribution in [3.05, 3.63) is 112 Å². The summed E-state index contributed by atoms with van der Waals surface area (Å²) in [4.78, 5) is 28.0. The van der Waals surface area contributed by atoms with Gasteiger partial charge in [0.15, 0.2) is 17.3 Å². The number of methoxy groups -OCH3 is 2. The number of dihydropyridines is 1. The van der Waals surface area contributed by atoms with Gasteiger partial charge >= 0.3 is 5.97 Å². The van der Waals surface area contributed by atoms with E-state index in [0.717, 1.165) is 48.1 Å². The third kappa shape index (κ3) is 6.09. The molecular weight excluding hydrogens is 554 g/mol. The van der Waals surface area contributed by atoms with E-state index in [1.54, 1.807) is 14.2 Å². The van der Waals surface area contributed by atoms with E-state index >= 15 is 0 Å². The minimum absolute atomic E-state index is 0.0119. The van der Waals surface area contributed by atoms with Crippen molar-refractivity contribution in [2.24, 2.45) is 0 Å². The van der Waals surface area contributed by atoms with Crippen molar-refractivity contribution in [2.45, 2.75) is 70.0 Å².